The average Bonchev–Trinajstić information content (AvgIpc) is 2.68. The van der Waals surface area contributed by atoms with E-state index in [1.165, 1.54) is 11.1 Å². The van der Waals surface area contributed by atoms with Crippen molar-refractivity contribution >= 4 is 17.5 Å². The first-order chi connectivity index (χ1) is 12.6. The van der Waals surface area contributed by atoms with Crippen LogP contribution in [0.5, 0.6) is 0 Å². The van der Waals surface area contributed by atoms with Gasteiger partial charge in [0.2, 0.25) is 11.9 Å². The zero-order chi connectivity index (χ0) is 18.5. The predicted molar refractivity (Wildman–Crippen MR) is 106 cm³/mol. The fourth-order valence-electron chi connectivity index (χ4n) is 3.56. The van der Waals surface area contributed by atoms with Crippen LogP contribution in [0.3, 0.4) is 0 Å². The summed E-state index contributed by atoms with van der Waals surface area (Å²) in [5.74, 6) is 0.963. The standard InChI is InChI=1S/C21H28N4O/c1-4-16-7-6-8-17(5-2)19(16)24-20(26)18-10-13-25(14-11-18)21-22-12-9-15(3)23-21/h6-9,12,18H,4-5,10-11,13-14H2,1-3H3,(H,24,26). The van der Waals surface area contributed by atoms with Gasteiger partial charge in [-0.2, -0.15) is 0 Å². The molecule has 0 saturated carbocycles. The van der Waals surface area contributed by atoms with Gasteiger partial charge in [-0.1, -0.05) is 32.0 Å². The summed E-state index contributed by atoms with van der Waals surface area (Å²) < 4.78 is 0. The number of hydrogen-bond acceptors (Lipinski definition) is 4. The maximum atomic E-state index is 12.8. The Morgan fingerprint density at radius 3 is 2.38 bits per heavy atom. The molecule has 1 aromatic heterocycles. The summed E-state index contributed by atoms with van der Waals surface area (Å²) in [6.45, 7) is 7.87. The van der Waals surface area contributed by atoms with E-state index in [0.29, 0.717) is 0 Å². The molecule has 0 bridgehead atoms. The Hall–Kier alpha value is -2.43. The van der Waals surface area contributed by atoms with E-state index < -0.39 is 0 Å². The number of benzene rings is 1. The molecule has 138 valence electrons. The molecule has 0 radical (unpaired) electrons. The van der Waals surface area contributed by atoms with E-state index in [4.69, 9.17) is 0 Å². The lowest BCUT2D eigenvalue weighted by Gasteiger charge is -2.31. The number of carbonyl (C=O) groups excluding carboxylic acids is 1. The first kappa shape index (κ1) is 18.4. The van der Waals surface area contributed by atoms with Gasteiger partial charge in [-0.3, -0.25) is 4.79 Å². The predicted octanol–water partition coefficient (Wildman–Crippen LogP) is 3.76. The molecule has 5 nitrogen and oxygen atoms in total. The van der Waals surface area contributed by atoms with E-state index in [9.17, 15) is 4.79 Å². The van der Waals surface area contributed by atoms with E-state index in [2.05, 4.69) is 52.2 Å². The van der Waals surface area contributed by atoms with Gasteiger partial charge in [-0.15, -0.1) is 0 Å². The number of rotatable bonds is 5. The Morgan fingerprint density at radius 2 is 1.81 bits per heavy atom. The molecule has 0 spiro atoms. The van der Waals surface area contributed by atoms with Crippen molar-refractivity contribution in [2.45, 2.75) is 46.5 Å². The number of nitrogens with one attached hydrogen (secondary N) is 1. The summed E-state index contributed by atoms with van der Waals surface area (Å²) in [5, 5.41) is 3.23. The molecule has 1 fully saturated rings. The number of para-hydroxylation sites is 1. The molecule has 0 atom stereocenters. The van der Waals surface area contributed by atoms with E-state index in [1.807, 2.05) is 13.0 Å². The second kappa shape index (κ2) is 8.30. The molecule has 1 saturated heterocycles. The van der Waals surface area contributed by atoms with Gasteiger partial charge in [0, 0.05) is 36.6 Å². The monoisotopic (exact) mass is 352 g/mol. The molecule has 5 heteroatoms. The molecule has 0 unspecified atom stereocenters. The number of anilines is 2. The second-order valence-electron chi connectivity index (χ2n) is 6.91. The van der Waals surface area contributed by atoms with Crippen LogP contribution in [-0.4, -0.2) is 29.0 Å². The zero-order valence-electron chi connectivity index (χ0n) is 16.0. The number of carbonyl (C=O) groups is 1. The summed E-state index contributed by atoms with van der Waals surface area (Å²) in [5.41, 5.74) is 4.41. The van der Waals surface area contributed by atoms with Gasteiger partial charge < -0.3 is 10.2 Å². The van der Waals surface area contributed by atoms with Crippen molar-refractivity contribution in [2.75, 3.05) is 23.3 Å². The van der Waals surface area contributed by atoms with Gasteiger partial charge in [-0.25, -0.2) is 9.97 Å². The smallest absolute Gasteiger partial charge is 0.227 e. The highest BCUT2D eigenvalue weighted by Gasteiger charge is 2.27. The van der Waals surface area contributed by atoms with Gasteiger partial charge >= 0.3 is 0 Å². The lowest BCUT2D eigenvalue weighted by atomic mass is 9.95. The number of amides is 1. The minimum absolute atomic E-state index is 0.0469. The normalized spacial score (nSPS) is 15.1. The molecular formula is C21H28N4O. The van der Waals surface area contributed by atoms with Crippen LogP contribution in [0.25, 0.3) is 0 Å². The Morgan fingerprint density at radius 1 is 1.15 bits per heavy atom. The van der Waals surface area contributed by atoms with Gasteiger partial charge in [-0.05, 0) is 49.8 Å². The molecule has 1 N–H and O–H groups in total. The molecule has 1 aromatic carbocycles. The Balaban J connectivity index is 1.64. The maximum absolute atomic E-state index is 12.8. The largest absolute Gasteiger partial charge is 0.341 e. The molecule has 1 amide bonds. The molecule has 2 heterocycles. The fourth-order valence-corrected chi connectivity index (χ4v) is 3.56. The van der Waals surface area contributed by atoms with Crippen molar-refractivity contribution in [2.24, 2.45) is 5.92 Å². The zero-order valence-corrected chi connectivity index (χ0v) is 16.0. The first-order valence-corrected chi connectivity index (χ1v) is 9.58. The summed E-state index contributed by atoms with van der Waals surface area (Å²) >= 11 is 0. The van der Waals surface area contributed by atoms with Crippen LogP contribution in [0, 0.1) is 12.8 Å². The number of aromatic nitrogens is 2. The van der Waals surface area contributed by atoms with Gasteiger partial charge in [0.25, 0.3) is 0 Å². The van der Waals surface area contributed by atoms with E-state index in [-0.39, 0.29) is 11.8 Å². The average molecular weight is 352 g/mol. The third-order valence-corrected chi connectivity index (χ3v) is 5.18. The Labute approximate surface area is 155 Å². The lowest BCUT2D eigenvalue weighted by Crippen LogP contribution is -2.39. The third kappa shape index (κ3) is 4.03. The molecule has 3 rings (SSSR count). The van der Waals surface area contributed by atoms with Crippen LogP contribution in [0.4, 0.5) is 11.6 Å². The lowest BCUT2D eigenvalue weighted by molar-refractivity contribution is -0.120. The highest BCUT2D eigenvalue weighted by molar-refractivity contribution is 5.94. The Bertz CT molecular complexity index is 744. The minimum atomic E-state index is 0.0469. The van der Waals surface area contributed by atoms with Crippen LogP contribution in [0.1, 0.15) is 43.5 Å². The molecule has 0 aliphatic carbocycles. The van der Waals surface area contributed by atoms with E-state index >= 15 is 0 Å². The summed E-state index contributed by atoms with van der Waals surface area (Å²) in [7, 11) is 0. The van der Waals surface area contributed by atoms with Crippen LogP contribution < -0.4 is 10.2 Å². The van der Waals surface area contributed by atoms with Crippen LogP contribution >= 0.6 is 0 Å². The SMILES string of the molecule is CCc1cccc(CC)c1NC(=O)C1CCN(c2nccc(C)n2)CC1. The highest BCUT2D eigenvalue weighted by atomic mass is 16.1. The van der Waals surface area contributed by atoms with Crippen LogP contribution in [0.15, 0.2) is 30.5 Å². The van der Waals surface area contributed by atoms with Crippen molar-refractivity contribution in [1.82, 2.24) is 9.97 Å². The van der Waals surface area contributed by atoms with E-state index in [1.54, 1.807) is 6.20 Å². The third-order valence-electron chi connectivity index (χ3n) is 5.18. The number of piperidine rings is 1. The molecule has 1 aliphatic heterocycles. The highest BCUT2D eigenvalue weighted by Crippen LogP contribution is 2.26. The number of hydrogen-bond donors (Lipinski definition) is 1. The summed E-state index contributed by atoms with van der Waals surface area (Å²) in [4.78, 5) is 23.9. The Kier molecular flexibility index (Phi) is 5.86. The second-order valence-corrected chi connectivity index (χ2v) is 6.91. The van der Waals surface area contributed by atoms with Gasteiger partial charge in [0.1, 0.15) is 0 Å². The number of nitrogens with zero attached hydrogens (tertiary/aromatic N) is 3. The van der Waals surface area contributed by atoms with Gasteiger partial charge in [0.05, 0.1) is 0 Å². The van der Waals surface area contributed by atoms with Crippen LogP contribution in [0.2, 0.25) is 0 Å². The fraction of sp³-hybridized carbons (Fsp3) is 0.476. The van der Waals surface area contributed by atoms with Crippen molar-refractivity contribution in [1.29, 1.82) is 0 Å². The van der Waals surface area contributed by atoms with E-state index in [0.717, 1.165) is 56.1 Å². The quantitative estimate of drug-likeness (QED) is 0.890. The molecule has 1 aliphatic rings. The minimum Gasteiger partial charge on any atom is -0.341 e. The van der Waals surface area contributed by atoms with Crippen molar-refractivity contribution in [3.05, 3.63) is 47.3 Å². The molecule has 26 heavy (non-hydrogen) atoms. The number of aryl methyl sites for hydroxylation is 3. The van der Waals surface area contributed by atoms with Crippen molar-refractivity contribution in [3.8, 4) is 0 Å². The van der Waals surface area contributed by atoms with Crippen molar-refractivity contribution < 1.29 is 4.79 Å². The topological polar surface area (TPSA) is 58.1 Å². The molecule has 2 aromatic rings. The molecular weight excluding hydrogens is 324 g/mol. The maximum Gasteiger partial charge on any atom is 0.227 e. The van der Waals surface area contributed by atoms with Crippen LogP contribution in [-0.2, 0) is 17.6 Å². The van der Waals surface area contributed by atoms with Gasteiger partial charge in [0.15, 0.2) is 0 Å². The summed E-state index contributed by atoms with van der Waals surface area (Å²) in [6, 6.07) is 8.19. The van der Waals surface area contributed by atoms with Crippen molar-refractivity contribution in [3.63, 3.8) is 0 Å². The first-order valence-electron chi connectivity index (χ1n) is 9.58. The summed E-state index contributed by atoms with van der Waals surface area (Å²) in [6.07, 6.45) is 5.31.